The fourth-order valence-electron chi connectivity index (χ4n) is 2.59. The van der Waals surface area contributed by atoms with Gasteiger partial charge in [-0.1, -0.05) is 12.1 Å². The fourth-order valence-corrected chi connectivity index (χ4v) is 2.59. The second kappa shape index (κ2) is 6.11. The number of carbonyl (C=O) groups excluding carboxylic acids is 1. The monoisotopic (exact) mass is 345 g/mol. The Bertz CT molecular complexity index is 878. The van der Waals surface area contributed by atoms with Gasteiger partial charge in [-0.05, 0) is 25.1 Å². The first-order valence-corrected chi connectivity index (χ1v) is 7.38. The van der Waals surface area contributed by atoms with Crippen LogP contribution in [0.1, 0.15) is 29.8 Å². The molecule has 1 N–H and O–H groups in total. The molecule has 1 atom stereocenters. The zero-order valence-corrected chi connectivity index (χ0v) is 13.1. The van der Waals surface area contributed by atoms with Crippen LogP contribution in [-0.2, 0) is 11.3 Å². The highest BCUT2D eigenvalue weighted by molar-refractivity contribution is 6.01. The highest BCUT2D eigenvalue weighted by Crippen LogP contribution is 2.44. The smallest absolute Gasteiger partial charge is 0.423 e. The van der Waals surface area contributed by atoms with Crippen molar-refractivity contribution in [3.8, 4) is 11.8 Å². The van der Waals surface area contributed by atoms with E-state index in [9.17, 15) is 18.7 Å². The Hall–Kier alpha value is -3.05. The molecule has 1 aromatic carbocycles. The number of anilines is 1. The lowest BCUT2D eigenvalue weighted by molar-refractivity contribution is -0.193. The lowest BCUT2D eigenvalue weighted by Gasteiger charge is -2.34. The van der Waals surface area contributed by atoms with E-state index in [-0.39, 0.29) is 29.2 Å². The summed E-state index contributed by atoms with van der Waals surface area (Å²) >= 11 is 0. The van der Waals surface area contributed by atoms with Crippen LogP contribution in [0.3, 0.4) is 0 Å². The van der Waals surface area contributed by atoms with Crippen LogP contribution in [0.2, 0.25) is 0 Å². The van der Waals surface area contributed by atoms with E-state index in [1.807, 2.05) is 6.07 Å². The van der Waals surface area contributed by atoms with Gasteiger partial charge < -0.3 is 9.84 Å². The number of para-hydroxylation sites is 1. The first kappa shape index (κ1) is 16.8. The maximum Gasteiger partial charge on any atom is 0.483 e. The number of aliphatic hydroxyl groups excluding tert-OH is 1. The molecule has 1 aliphatic heterocycles. The lowest BCUT2D eigenvalue weighted by Crippen LogP contribution is -2.50. The maximum atomic E-state index is 14.1. The van der Waals surface area contributed by atoms with E-state index < -0.39 is 18.1 Å². The van der Waals surface area contributed by atoms with Gasteiger partial charge in [-0.15, -0.1) is 0 Å². The van der Waals surface area contributed by atoms with Crippen LogP contribution in [0, 0.1) is 11.3 Å². The molecule has 0 aliphatic carbocycles. The van der Waals surface area contributed by atoms with Gasteiger partial charge >= 0.3 is 12.0 Å². The van der Waals surface area contributed by atoms with Gasteiger partial charge in [-0.25, -0.2) is 0 Å². The number of nitriles is 1. The van der Waals surface area contributed by atoms with Crippen molar-refractivity contribution in [3.63, 3.8) is 0 Å². The second-order valence-corrected chi connectivity index (χ2v) is 5.53. The van der Waals surface area contributed by atoms with Crippen molar-refractivity contribution in [3.05, 3.63) is 53.3 Å². The number of hydrogen-bond acceptors (Lipinski definition) is 5. The van der Waals surface area contributed by atoms with E-state index in [0.717, 1.165) is 4.90 Å². The Labute approximate surface area is 141 Å². The Balaban J connectivity index is 2.08. The molecular formula is C17H13F2N3O3. The second-order valence-electron chi connectivity index (χ2n) is 5.53. The van der Waals surface area contributed by atoms with Crippen LogP contribution >= 0.6 is 0 Å². The molecule has 1 unspecified atom stereocenters. The molecule has 0 saturated heterocycles. The summed E-state index contributed by atoms with van der Waals surface area (Å²) in [6.45, 7) is 1.15. The van der Waals surface area contributed by atoms with Gasteiger partial charge in [0.1, 0.15) is 0 Å². The van der Waals surface area contributed by atoms with Gasteiger partial charge in [-0.2, -0.15) is 14.0 Å². The topological polar surface area (TPSA) is 86.5 Å². The summed E-state index contributed by atoms with van der Waals surface area (Å²) in [5.74, 6) is -1.79. The number of pyridine rings is 1. The molecule has 2 heterocycles. The molecule has 1 amide bonds. The molecule has 3 rings (SSSR count). The third-order valence-electron chi connectivity index (χ3n) is 3.76. The minimum Gasteiger partial charge on any atom is -0.423 e. The maximum absolute atomic E-state index is 14.1. The minimum absolute atomic E-state index is 0.110. The predicted molar refractivity (Wildman–Crippen MR) is 82.8 cm³/mol. The Morgan fingerprint density at radius 2 is 2.20 bits per heavy atom. The van der Waals surface area contributed by atoms with Crippen molar-refractivity contribution in [2.24, 2.45) is 0 Å². The summed E-state index contributed by atoms with van der Waals surface area (Å²) in [5, 5.41) is 18.7. The van der Waals surface area contributed by atoms with Gasteiger partial charge in [0.2, 0.25) is 0 Å². The number of carbonyl (C=O) groups is 1. The normalized spacial score (nSPS) is 16.6. The Morgan fingerprint density at radius 3 is 2.88 bits per heavy atom. The standard InChI is InChI=1S/C17H13F2N3O3/c1-10(23)13-3-2-4-14-15(13)25-17(18,19)16(24)22(14)9-12-7-11(8-20)5-6-21-12/h2-7,10,23H,9H2,1H3. The van der Waals surface area contributed by atoms with Crippen LogP contribution in [-0.4, -0.2) is 22.1 Å². The van der Waals surface area contributed by atoms with Gasteiger partial charge in [-0.3, -0.25) is 14.7 Å². The molecule has 8 heteroatoms. The van der Waals surface area contributed by atoms with E-state index in [1.165, 1.54) is 43.5 Å². The number of nitrogens with zero attached hydrogens (tertiary/aromatic N) is 3. The number of rotatable bonds is 3. The van der Waals surface area contributed by atoms with Crippen LogP contribution in [0.4, 0.5) is 14.5 Å². The lowest BCUT2D eigenvalue weighted by atomic mass is 10.1. The summed E-state index contributed by atoms with van der Waals surface area (Å²) in [6.07, 6.45) is -3.75. The molecule has 0 spiro atoms. The average molecular weight is 345 g/mol. The summed E-state index contributed by atoms with van der Waals surface area (Å²) in [5.41, 5.74) is 0.834. The zero-order valence-electron chi connectivity index (χ0n) is 13.1. The first-order chi connectivity index (χ1) is 11.8. The molecule has 1 aromatic heterocycles. The molecule has 6 nitrogen and oxygen atoms in total. The van der Waals surface area contributed by atoms with E-state index in [4.69, 9.17) is 5.26 Å². The van der Waals surface area contributed by atoms with Crippen LogP contribution in [0.15, 0.2) is 36.5 Å². The van der Waals surface area contributed by atoms with Crippen molar-refractivity contribution in [1.29, 1.82) is 5.26 Å². The van der Waals surface area contributed by atoms with Gasteiger partial charge in [0, 0.05) is 11.8 Å². The summed E-state index contributed by atoms with van der Waals surface area (Å²) in [7, 11) is 0. The molecule has 0 bridgehead atoms. The first-order valence-electron chi connectivity index (χ1n) is 7.38. The van der Waals surface area contributed by atoms with Crippen molar-refractivity contribution in [1.82, 2.24) is 4.98 Å². The third kappa shape index (κ3) is 3.02. The average Bonchev–Trinajstić information content (AvgIpc) is 2.58. The Kier molecular flexibility index (Phi) is 4.10. The van der Waals surface area contributed by atoms with Crippen molar-refractivity contribution in [2.45, 2.75) is 25.7 Å². The highest BCUT2D eigenvalue weighted by Gasteiger charge is 2.51. The number of amides is 1. The fraction of sp³-hybridized carbons (Fsp3) is 0.235. The SMILES string of the molecule is CC(O)c1cccc2c1OC(F)(F)C(=O)N2Cc1cc(C#N)ccn1. The molecule has 128 valence electrons. The van der Waals surface area contributed by atoms with E-state index >= 15 is 0 Å². The number of benzene rings is 1. The molecule has 0 radical (unpaired) electrons. The number of aromatic nitrogens is 1. The number of hydrogen-bond donors (Lipinski definition) is 1. The number of aliphatic hydroxyl groups is 1. The van der Waals surface area contributed by atoms with Gasteiger partial charge in [0.25, 0.3) is 0 Å². The zero-order chi connectivity index (χ0) is 18.2. The number of ether oxygens (including phenoxy) is 1. The largest absolute Gasteiger partial charge is 0.483 e. The molecule has 25 heavy (non-hydrogen) atoms. The van der Waals surface area contributed by atoms with Crippen LogP contribution in [0.25, 0.3) is 0 Å². The molecular weight excluding hydrogens is 332 g/mol. The quantitative estimate of drug-likeness (QED) is 0.924. The minimum atomic E-state index is -4.06. The van der Waals surface area contributed by atoms with E-state index in [1.54, 1.807) is 0 Å². The Morgan fingerprint density at radius 1 is 1.44 bits per heavy atom. The highest BCUT2D eigenvalue weighted by atomic mass is 19.3. The predicted octanol–water partition coefficient (Wildman–Crippen LogP) is 2.52. The molecule has 0 fully saturated rings. The van der Waals surface area contributed by atoms with Crippen LogP contribution < -0.4 is 9.64 Å². The van der Waals surface area contributed by atoms with E-state index in [2.05, 4.69) is 9.72 Å². The van der Waals surface area contributed by atoms with Crippen LogP contribution in [0.5, 0.6) is 5.75 Å². The molecule has 2 aromatic rings. The van der Waals surface area contributed by atoms with Gasteiger partial charge in [0.15, 0.2) is 5.75 Å². The van der Waals surface area contributed by atoms with E-state index in [0.29, 0.717) is 5.56 Å². The molecule has 1 aliphatic rings. The molecule has 0 saturated carbocycles. The van der Waals surface area contributed by atoms with Crippen molar-refractivity contribution >= 4 is 11.6 Å². The number of alkyl halides is 2. The van der Waals surface area contributed by atoms with Crippen molar-refractivity contribution in [2.75, 3.05) is 4.90 Å². The number of fused-ring (bicyclic) bond motifs is 1. The summed E-state index contributed by atoms with van der Waals surface area (Å²) in [6, 6.07) is 9.24. The third-order valence-corrected chi connectivity index (χ3v) is 3.76. The summed E-state index contributed by atoms with van der Waals surface area (Å²) in [4.78, 5) is 17.0. The summed E-state index contributed by atoms with van der Waals surface area (Å²) < 4.78 is 32.7. The number of halogens is 2. The van der Waals surface area contributed by atoms with Crippen molar-refractivity contribution < 1.29 is 23.4 Å². The van der Waals surface area contributed by atoms with Gasteiger partial charge in [0.05, 0.1) is 35.7 Å².